The molecule has 4 aromatic rings. The van der Waals surface area contributed by atoms with Crippen molar-refractivity contribution in [3.8, 4) is 6.07 Å². The van der Waals surface area contributed by atoms with Crippen LogP contribution in [0.5, 0.6) is 0 Å². The van der Waals surface area contributed by atoms with Crippen LogP contribution in [0.4, 0.5) is 10.8 Å². The summed E-state index contributed by atoms with van der Waals surface area (Å²) in [6.07, 6.45) is 1.47. The lowest BCUT2D eigenvalue weighted by molar-refractivity contribution is 0.888. The number of thioether (sulfide) groups is 1. The van der Waals surface area contributed by atoms with Crippen molar-refractivity contribution in [1.29, 1.82) is 5.26 Å². The second kappa shape index (κ2) is 7.46. The Kier molecular flexibility index (Phi) is 4.85. The van der Waals surface area contributed by atoms with Crippen LogP contribution in [0.1, 0.15) is 22.4 Å². The molecule has 0 spiro atoms. The lowest BCUT2D eigenvalue weighted by Gasteiger charge is -2.08. The summed E-state index contributed by atoms with van der Waals surface area (Å²) in [6.45, 7) is 4.13. The first kappa shape index (κ1) is 18.2. The van der Waals surface area contributed by atoms with E-state index in [0.29, 0.717) is 27.8 Å². The highest BCUT2D eigenvalue weighted by atomic mass is 32.2. The zero-order chi connectivity index (χ0) is 19.7. The minimum absolute atomic E-state index is 0.253. The van der Waals surface area contributed by atoms with Crippen LogP contribution in [-0.4, -0.2) is 24.8 Å². The number of aromatic nitrogens is 5. The van der Waals surface area contributed by atoms with E-state index in [1.165, 1.54) is 51.0 Å². The quantitative estimate of drug-likeness (QED) is 0.486. The van der Waals surface area contributed by atoms with Gasteiger partial charge in [-0.1, -0.05) is 35.2 Å². The first-order valence-corrected chi connectivity index (χ1v) is 10.1. The fraction of sp³-hybridized carbons (Fsp3) is 0.167. The van der Waals surface area contributed by atoms with Gasteiger partial charge in [-0.05, 0) is 31.0 Å². The molecule has 1 aromatic carbocycles. The number of aromatic amines is 1. The van der Waals surface area contributed by atoms with E-state index in [4.69, 9.17) is 5.26 Å². The first-order valence-electron chi connectivity index (χ1n) is 8.35. The SMILES string of the molecule is Cc1cccc(Nc2nnc(SCc3cc(=O)n4[nH]cc(C#N)c4n3)s2)c1C. The number of nitrogens with zero attached hydrogens (tertiary/aromatic N) is 5. The zero-order valence-electron chi connectivity index (χ0n) is 15.1. The molecule has 0 bridgehead atoms. The van der Waals surface area contributed by atoms with E-state index in [1.54, 1.807) is 0 Å². The molecule has 8 nitrogen and oxygen atoms in total. The molecule has 0 unspecified atom stereocenters. The van der Waals surface area contributed by atoms with Crippen LogP contribution in [0, 0.1) is 25.2 Å². The third kappa shape index (κ3) is 3.49. The van der Waals surface area contributed by atoms with Crippen molar-refractivity contribution in [1.82, 2.24) is 24.8 Å². The smallest absolute Gasteiger partial charge is 0.272 e. The molecule has 0 fully saturated rings. The van der Waals surface area contributed by atoms with Crippen LogP contribution in [0.3, 0.4) is 0 Å². The number of hydrogen-bond donors (Lipinski definition) is 2. The van der Waals surface area contributed by atoms with Crippen molar-refractivity contribution < 1.29 is 0 Å². The Hall–Kier alpha value is -3.16. The Morgan fingerprint density at radius 2 is 2.21 bits per heavy atom. The lowest BCUT2D eigenvalue weighted by atomic mass is 10.1. The number of H-pyrrole nitrogens is 1. The molecule has 28 heavy (non-hydrogen) atoms. The van der Waals surface area contributed by atoms with Crippen molar-refractivity contribution in [3.63, 3.8) is 0 Å². The number of nitriles is 1. The fourth-order valence-electron chi connectivity index (χ4n) is 2.64. The summed E-state index contributed by atoms with van der Waals surface area (Å²) in [7, 11) is 0. The molecule has 0 saturated heterocycles. The molecule has 2 N–H and O–H groups in total. The van der Waals surface area contributed by atoms with E-state index in [2.05, 4.69) is 45.5 Å². The van der Waals surface area contributed by atoms with E-state index in [1.807, 2.05) is 18.2 Å². The van der Waals surface area contributed by atoms with Gasteiger partial charge in [0.15, 0.2) is 9.99 Å². The number of anilines is 2. The number of hydrogen-bond acceptors (Lipinski definition) is 8. The maximum Gasteiger partial charge on any atom is 0.272 e. The maximum atomic E-state index is 12.1. The van der Waals surface area contributed by atoms with Gasteiger partial charge in [-0.15, -0.1) is 10.2 Å². The molecule has 4 rings (SSSR count). The van der Waals surface area contributed by atoms with E-state index >= 15 is 0 Å². The number of nitrogens with one attached hydrogen (secondary N) is 2. The number of rotatable bonds is 5. The van der Waals surface area contributed by atoms with Crippen LogP contribution < -0.4 is 10.9 Å². The fourth-order valence-corrected chi connectivity index (χ4v) is 4.30. The van der Waals surface area contributed by atoms with Crippen molar-refractivity contribution >= 4 is 39.6 Å². The summed E-state index contributed by atoms with van der Waals surface area (Å²) in [4.78, 5) is 16.6. The van der Waals surface area contributed by atoms with Gasteiger partial charge in [-0.25, -0.2) is 9.50 Å². The van der Waals surface area contributed by atoms with Gasteiger partial charge in [-0.2, -0.15) is 5.26 Å². The third-order valence-electron chi connectivity index (χ3n) is 4.27. The van der Waals surface area contributed by atoms with Gasteiger partial charge >= 0.3 is 0 Å². The normalized spacial score (nSPS) is 10.9. The predicted octanol–water partition coefficient (Wildman–Crippen LogP) is 3.40. The molecular formula is C18H15N7OS2. The molecule has 0 amide bonds. The lowest BCUT2D eigenvalue weighted by Crippen LogP contribution is -2.15. The highest BCUT2D eigenvalue weighted by Crippen LogP contribution is 2.30. The Labute approximate surface area is 168 Å². The summed E-state index contributed by atoms with van der Waals surface area (Å²) < 4.78 is 2.02. The molecule has 0 aliphatic carbocycles. The van der Waals surface area contributed by atoms with Crippen LogP contribution >= 0.6 is 23.1 Å². The second-order valence-corrected chi connectivity index (χ2v) is 8.28. The van der Waals surface area contributed by atoms with E-state index < -0.39 is 0 Å². The van der Waals surface area contributed by atoms with E-state index in [0.717, 1.165) is 10.0 Å². The minimum Gasteiger partial charge on any atom is -0.330 e. The minimum atomic E-state index is -0.253. The van der Waals surface area contributed by atoms with E-state index in [-0.39, 0.29) is 5.56 Å². The third-order valence-corrected chi connectivity index (χ3v) is 6.27. The summed E-state index contributed by atoms with van der Waals surface area (Å²) in [5.41, 5.74) is 4.38. The summed E-state index contributed by atoms with van der Waals surface area (Å²) in [5.74, 6) is 0.458. The van der Waals surface area contributed by atoms with Crippen molar-refractivity contribution in [2.45, 2.75) is 23.9 Å². The van der Waals surface area contributed by atoms with Gasteiger partial charge in [0.25, 0.3) is 5.56 Å². The van der Waals surface area contributed by atoms with Crippen molar-refractivity contribution in [2.24, 2.45) is 0 Å². The molecule has 0 aliphatic rings. The average molecular weight is 410 g/mol. The van der Waals surface area contributed by atoms with Gasteiger partial charge in [0, 0.05) is 23.7 Å². The summed E-state index contributed by atoms with van der Waals surface area (Å²) >= 11 is 2.89. The Balaban J connectivity index is 1.49. The standard InChI is InChI=1S/C18H15N7OS2/c1-10-4-3-5-14(11(10)2)22-17-23-24-18(28-17)27-9-13-6-15(26)25-16(21-13)12(7-19)8-20-25/h3-6,8,20H,9H2,1-2H3,(H,22,23). The first-order chi connectivity index (χ1) is 13.5. The van der Waals surface area contributed by atoms with Crippen molar-refractivity contribution in [3.05, 3.63) is 63.2 Å². The number of benzene rings is 1. The topological polar surface area (TPSA) is 112 Å². The zero-order valence-corrected chi connectivity index (χ0v) is 16.7. The molecule has 140 valence electrons. The molecule has 3 heterocycles. The van der Waals surface area contributed by atoms with Gasteiger partial charge in [0.1, 0.15) is 11.6 Å². The maximum absolute atomic E-state index is 12.1. The second-order valence-electron chi connectivity index (χ2n) is 6.08. The van der Waals surface area contributed by atoms with Crippen LogP contribution in [0.2, 0.25) is 0 Å². The Bertz CT molecular complexity index is 1270. The average Bonchev–Trinajstić information content (AvgIpc) is 3.30. The van der Waals surface area contributed by atoms with Gasteiger partial charge < -0.3 is 5.32 Å². The Morgan fingerprint density at radius 1 is 1.36 bits per heavy atom. The number of fused-ring (bicyclic) bond motifs is 1. The molecule has 0 saturated carbocycles. The van der Waals surface area contributed by atoms with Crippen LogP contribution in [-0.2, 0) is 5.75 Å². The van der Waals surface area contributed by atoms with Crippen molar-refractivity contribution in [2.75, 3.05) is 5.32 Å². The highest BCUT2D eigenvalue weighted by molar-refractivity contribution is 8.00. The highest BCUT2D eigenvalue weighted by Gasteiger charge is 2.11. The molecule has 0 radical (unpaired) electrons. The molecule has 3 aromatic heterocycles. The Morgan fingerprint density at radius 3 is 3.04 bits per heavy atom. The summed E-state index contributed by atoms with van der Waals surface area (Å²) in [6, 6.07) is 9.55. The van der Waals surface area contributed by atoms with Gasteiger partial charge in [-0.3, -0.25) is 9.89 Å². The molecular weight excluding hydrogens is 394 g/mol. The molecule has 0 aliphatic heterocycles. The van der Waals surface area contributed by atoms with Crippen LogP contribution in [0.25, 0.3) is 5.65 Å². The van der Waals surface area contributed by atoms with Gasteiger partial charge in [0.2, 0.25) is 5.13 Å². The van der Waals surface area contributed by atoms with E-state index in [9.17, 15) is 4.79 Å². The number of aryl methyl sites for hydroxylation is 1. The molecule has 10 heteroatoms. The monoisotopic (exact) mass is 409 g/mol. The van der Waals surface area contributed by atoms with Gasteiger partial charge in [0.05, 0.1) is 5.69 Å². The summed E-state index contributed by atoms with van der Waals surface area (Å²) in [5, 5.41) is 24.2. The largest absolute Gasteiger partial charge is 0.330 e. The predicted molar refractivity (Wildman–Crippen MR) is 109 cm³/mol. The van der Waals surface area contributed by atoms with Crippen LogP contribution in [0.15, 0.2) is 39.6 Å². The molecule has 0 atom stereocenters.